The molecule has 1 heterocycles. The number of urea groups is 1. The van der Waals surface area contributed by atoms with Crippen molar-refractivity contribution in [3.63, 3.8) is 0 Å². The minimum Gasteiger partial charge on any atom is -0.352 e. The van der Waals surface area contributed by atoms with Crippen molar-refractivity contribution >= 4 is 29.2 Å². The van der Waals surface area contributed by atoms with Gasteiger partial charge in [-0.2, -0.15) is 0 Å². The smallest absolute Gasteiger partial charge is 0.323 e. The molecular formula is C21H24N4O3. The molecule has 2 aromatic carbocycles. The zero-order valence-electron chi connectivity index (χ0n) is 15.9. The fourth-order valence-electron chi connectivity index (χ4n) is 3.09. The van der Waals surface area contributed by atoms with Crippen LogP contribution in [0.15, 0.2) is 54.6 Å². The van der Waals surface area contributed by atoms with Crippen LogP contribution in [0.1, 0.15) is 19.4 Å². The number of anilines is 2. The van der Waals surface area contributed by atoms with Crippen molar-refractivity contribution in [1.82, 2.24) is 10.6 Å². The van der Waals surface area contributed by atoms with Crippen molar-refractivity contribution in [3.8, 4) is 0 Å². The second-order valence-corrected chi connectivity index (χ2v) is 7.01. The van der Waals surface area contributed by atoms with E-state index < -0.39 is 12.1 Å². The lowest BCUT2D eigenvalue weighted by atomic mass is 10.0. The van der Waals surface area contributed by atoms with Crippen molar-refractivity contribution in [2.45, 2.75) is 32.4 Å². The van der Waals surface area contributed by atoms with E-state index >= 15 is 0 Å². The zero-order valence-corrected chi connectivity index (χ0v) is 15.9. The Bertz CT molecular complexity index is 867. The monoisotopic (exact) mass is 380 g/mol. The van der Waals surface area contributed by atoms with Gasteiger partial charge in [0.2, 0.25) is 11.8 Å². The first-order chi connectivity index (χ1) is 13.4. The molecule has 28 heavy (non-hydrogen) atoms. The van der Waals surface area contributed by atoms with Gasteiger partial charge in [0.05, 0.1) is 11.4 Å². The van der Waals surface area contributed by atoms with Gasteiger partial charge in [0.15, 0.2) is 0 Å². The lowest BCUT2D eigenvalue weighted by Gasteiger charge is -2.31. The number of carbonyl (C=O) groups excluding carboxylic acids is 3. The van der Waals surface area contributed by atoms with E-state index in [9.17, 15) is 14.4 Å². The highest BCUT2D eigenvalue weighted by molar-refractivity contribution is 6.10. The molecule has 7 heteroatoms. The van der Waals surface area contributed by atoms with Gasteiger partial charge in [0.25, 0.3) is 0 Å². The van der Waals surface area contributed by atoms with Gasteiger partial charge in [0.1, 0.15) is 12.6 Å². The van der Waals surface area contributed by atoms with Crippen molar-refractivity contribution in [3.05, 3.63) is 60.2 Å². The van der Waals surface area contributed by atoms with E-state index in [0.717, 1.165) is 5.56 Å². The Morgan fingerprint density at radius 3 is 2.43 bits per heavy atom. The molecule has 0 fully saturated rings. The lowest BCUT2D eigenvalue weighted by Crippen LogP contribution is -2.55. The molecule has 3 rings (SSSR count). The van der Waals surface area contributed by atoms with Crippen molar-refractivity contribution in [2.24, 2.45) is 0 Å². The van der Waals surface area contributed by atoms with Gasteiger partial charge < -0.3 is 16.0 Å². The molecule has 0 saturated carbocycles. The van der Waals surface area contributed by atoms with Gasteiger partial charge in [-0.3, -0.25) is 14.5 Å². The topological polar surface area (TPSA) is 90.5 Å². The molecule has 1 aliphatic heterocycles. The summed E-state index contributed by atoms with van der Waals surface area (Å²) in [5, 5.41) is 8.39. The maximum atomic E-state index is 13.0. The first kappa shape index (κ1) is 19.4. The second kappa shape index (κ2) is 8.56. The molecule has 146 valence electrons. The van der Waals surface area contributed by atoms with Crippen LogP contribution < -0.4 is 20.9 Å². The molecular weight excluding hydrogens is 356 g/mol. The van der Waals surface area contributed by atoms with Crippen LogP contribution in [-0.2, 0) is 16.0 Å². The Kier molecular flexibility index (Phi) is 5.93. The summed E-state index contributed by atoms with van der Waals surface area (Å²) in [6, 6.07) is 15.3. The number of carbonyl (C=O) groups is 3. The molecule has 1 unspecified atom stereocenters. The van der Waals surface area contributed by atoms with E-state index in [2.05, 4.69) is 16.0 Å². The third kappa shape index (κ3) is 4.68. The molecule has 3 N–H and O–H groups in total. The van der Waals surface area contributed by atoms with Gasteiger partial charge >= 0.3 is 6.03 Å². The maximum Gasteiger partial charge on any atom is 0.323 e. The SMILES string of the molecule is CC(C)NC(=O)C(Cc1ccccc1)NC(=O)N1CC(=O)Nc2ccccc21. The zero-order chi connectivity index (χ0) is 20.1. The molecule has 0 spiro atoms. The largest absolute Gasteiger partial charge is 0.352 e. The average molecular weight is 380 g/mol. The highest BCUT2D eigenvalue weighted by Crippen LogP contribution is 2.28. The van der Waals surface area contributed by atoms with Crippen LogP contribution in [-0.4, -0.2) is 36.5 Å². The summed E-state index contributed by atoms with van der Waals surface area (Å²) in [6.07, 6.45) is 0.354. The Hall–Kier alpha value is -3.35. The number of amides is 4. The first-order valence-corrected chi connectivity index (χ1v) is 9.25. The fraction of sp³-hybridized carbons (Fsp3) is 0.286. The predicted octanol–water partition coefficient (Wildman–Crippen LogP) is 2.29. The third-order valence-electron chi connectivity index (χ3n) is 4.34. The van der Waals surface area contributed by atoms with Crippen LogP contribution in [0.25, 0.3) is 0 Å². The minimum atomic E-state index is -0.755. The van der Waals surface area contributed by atoms with Crippen LogP contribution in [0.2, 0.25) is 0 Å². The molecule has 2 aromatic rings. The van der Waals surface area contributed by atoms with Crippen LogP contribution in [0, 0.1) is 0 Å². The molecule has 0 aromatic heterocycles. The number of nitrogens with one attached hydrogen (secondary N) is 3. The second-order valence-electron chi connectivity index (χ2n) is 7.01. The number of para-hydroxylation sites is 2. The lowest BCUT2D eigenvalue weighted by molar-refractivity contribution is -0.123. The molecule has 4 amide bonds. The van der Waals surface area contributed by atoms with Crippen molar-refractivity contribution < 1.29 is 14.4 Å². The standard InChI is InChI=1S/C21H24N4O3/c1-14(2)22-20(27)17(12-15-8-4-3-5-9-15)24-21(28)25-13-19(26)23-16-10-6-7-11-18(16)25/h3-11,14,17H,12-13H2,1-2H3,(H,22,27)(H,23,26)(H,24,28). The molecule has 0 aliphatic carbocycles. The molecule has 0 radical (unpaired) electrons. The molecule has 0 bridgehead atoms. The fourth-order valence-corrected chi connectivity index (χ4v) is 3.09. The van der Waals surface area contributed by atoms with Gasteiger partial charge in [-0.05, 0) is 31.5 Å². The normalized spacial score (nSPS) is 14.1. The van der Waals surface area contributed by atoms with Gasteiger partial charge in [-0.25, -0.2) is 4.79 Å². The quantitative estimate of drug-likeness (QED) is 0.743. The van der Waals surface area contributed by atoms with Crippen LogP contribution in [0.4, 0.5) is 16.2 Å². The number of hydrogen-bond donors (Lipinski definition) is 3. The molecule has 0 saturated heterocycles. The maximum absolute atomic E-state index is 13.0. The summed E-state index contributed by atoms with van der Waals surface area (Å²) in [7, 11) is 0. The van der Waals surface area contributed by atoms with Gasteiger partial charge in [-0.1, -0.05) is 42.5 Å². The predicted molar refractivity (Wildman–Crippen MR) is 108 cm³/mol. The average Bonchev–Trinajstić information content (AvgIpc) is 2.67. The Morgan fingerprint density at radius 1 is 1.04 bits per heavy atom. The number of rotatable bonds is 5. The summed E-state index contributed by atoms with van der Waals surface area (Å²) in [6.45, 7) is 3.63. The first-order valence-electron chi connectivity index (χ1n) is 9.25. The van der Waals surface area contributed by atoms with Crippen molar-refractivity contribution in [2.75, 3.05) is 16.8 Å². The van der Waals surface area contributed by atoms with E-state index in [4.69, 9.17) is 0 Å². The summed E-state index contributed by atoms with van der Waals surface area (Å²) in [5.41, 5.74) is 2.10. The molecule has 1 atom stereocenters. The van der Waals surface area contributed by atoms with E-state index in [0.29, 0.717) is 17.8 Å². The van der Waals surface area contributed by atoms with Crippen LogP contribution in [0.3, 0.4) is 0 Å². The van der Waals surface area contributed by atoms with Crippen LogP contribution >= 0.6 is 0 Å². The Morgan fingerprint density at radius 2 is 1.71 bits per heavy atom. The van der Waals surface area contributed by atoms with E-state index in [1.54, 1.807) is 24.3 Å². The molecule has 7 nitrogen and oxygen atoms in total. The number of fused-ring (bicyclic) bond motifs is 1. The highest BCUT2D eigenvalue weighted by Gasteiger charge is 2.30. The van der Waals surface area contributed by atoms with Gasteiger partial charge in [0, 0.05) is 12.5 Å². The summed E-state index contributed by atoms with van der Waals surface area (Å²) in [5.74, 6) is -0.540. The number of hydrogen-bond acceptors (Lipinski definition) is 3. The summed E-state index contributed by atoms with van der Waals surface area (Å²) < 4.78 is 0. The third-order valence-corrected chi connectivity index (χ3v) is 4.34. The minimum absolute atomic E-state index is 0.0517. The van der Waals surface area contributed by atoms with Crippen LogP contribution in [0.5, 0.6) is 0 Å². The van der Waals surface area contributed by atoms with E-state index in [-0.39, 0.29) is 24.4 Å². The Balaban J connectivity index is 1.80. The summed E-state index contributed by atoms with van der Waals surface area (Å²) >= 11 is 0. The highest BCUT2D eigenvalue weighted by atomic mass is 16.2. The number of nitrogens with zero attached hydrogens (tertiary/aromatic N) is 1. The van der Waals surface area contributed by atoms with E-state index in [1.807, 2.05) is 44.2 Å². The van der Waals surface area contributed by atoms with Crippen molar-refractivity contribution in [1.29, 1.82) is 0 Å². The summed E-state index contributed by atoms with van der Waals surface area (Å²) in [4.78, 5) is 39.0. The van der Waals surface area contributed by atoms with E-state index in [1.165, 1.54) is 4.90 Å². The van der Waals surface area contributed by atoms with Gasteiger partial charge in [-0.15, -0.1) is 0 Å². The number of benzene rings is 2. The Labute approximate surface area is 164 Å². The molecule has 1 aliphatic rings.